The van der Waals surface area contributed by atoms with Gasteiger partial charge in [0.1, 0.15) is 0 Å². The fourth-order valence-electron chi connectivity index (χ4n) is 1.00. The van der Waals surface area contributed by atoms with Crippen LogP contribution in [0.15, 0.2) is 0 Å². The average Bonchev–Trinajstić information content (AvgIpc) is 2.62. The molecule has 0 heterocycles. The summed E-state index contributed by atoms with van der Waals surface area (Å²) in [6, 6.07) is 0. The van der Waals surface area contributed by atoms with Gasteiger partial charge >= 0.3 is 5.97 Å². The molecule has 0 saturated heterocycles. The minimum absolute atomic E-state index is 0.119. The summed E-state index contributed by atoms with van der Waals surface area (Å²) in [5, 5.41) is 8.47. The van der Waals surface area contributed by atoms with E-state index < -0.39 is 5.97 Å². The zero-order chi connectivity index (χ0) is 7.56. The molecule has 1 N–H and O–H groups in total. The summed E-state index contributed by atoms with van der Waals surface area (Å²) in [6.07, 6.45) is 0.801. The number of carboxylic acids is 1. The van der Waals surface area contributed by atoms with Crippen molar-refractivity contribution in [2.24, 2.45) is 11.8 Å². The predicted molar refractivity (Wildman–Crippen MR) is 35.7 cm³/mol. The quantitative estimate of drug-likeness (QED) is 0.633. The number of ether oxygens (including phenoxy) is 1. The predicted octanol–water partition coefficient (Wildman–Crippen LogP) is 0.744. The van der Waals surface area contributed by atoms with E-state index in [9.17, 15) is 4.79 Å². The second-order valence-electron chi connectivity index (χ2n) is 2.60. The van der Waals surface area contributed by atoms with E-state index >= 15 is 0 Å². The van der Waals surface area contributed by atoms with Crippen molar-refractivity contribution in [3.63, 3.8) is 0 Å². The Kier molecular flexibility index (Phi) is 2.27. The highest BCUT2D eigenvalue weighted by Crippen LogP contribution is 2.38. The highest BCUT2D eigenvalue weighted by molar-refractivity contribution is 5.73. The molecule has 1 fully saturated rings. The molecule has 0 bridgehead atoms. The Morgan fingerprint density at radius 3 is 2.90 bits per heavy atom. The van der Waals surface area contributed by atoms with Crippen LogP contribution in [0.2, 0.25) is 0 Å². The van der Waals surface area contributed by atoms with E-state index in [0.29, 0.717) is 13.2 Å². The van der Waals surface area contributed by atoms with Gasteiger partial charge in [-0.25, -0.2) is 0 Å². The average molecular weight is 144 g/mol. The highest BCUT2D eigenvalue weighted by Gasteiger charge is 2.42. The van der Waals surface area contributed by atoms with Crippen LogP contribution in [0.1, 0.15) is 13.3 Å². The molecule has 0 aromatic carbocycles. The Morgan fingerprint density at radius 1 is 1.80 bits per heavy atom. The van der Waals surface area contributed by atoms with Crippen LogP contribution in [-0.2, 0) is 9.53 Å². The maximum absolute atomic E-state index is 10.3. The van der Waals surface area contributed by atoms with Gasteiger partial charge in [0.2, 0.25) is 0 Å². The van der Waals surface area contributed by atoms with E-state index in [4.69, 9.17) is 9.84 Å². The molecule has 0 unspecified atom stereocenters. The summed E-state index contributed by atoms with van der Waals surface area (Å²) in [5.74, 6) is -0.506. The van der Waals surface area contributed by atoms with Crippen molar-refractivity contribution >= 4 is 5.97 Å². The summed E-state index contributed by atoms with van der Waals surface area (Å²) in [7, 11) is 0. The molecule has 3 nitrogen and oxygen atoms in total. The Bertz CT molecular complexity index is 133. The first-order valence-corrected chi connectivity index (χ1v) is 3.56. The molecule has 10 heavy (non-hydrogen) atoms. The lowest BCUT2D eigenvalue weighted by atomic mass is 10.3. The smallest absolute Gasteiger partial charge is 0.306 e. The monoisotopic (exact) mass is 144 g/mol. The Balaban J connectivity index is 2.08. The number of hydrogen-bond donors (Lipinski definition) is 1. The molecule has 1 aliphatic rings. The third kappa shape index (κ3) is 1.70. The van der Waals surface area contributed by atoms with Gasteiger partial charge in [0.05, 0.1) is 12.5 Å². The summed E-state index contributed by atoms with van der Waals surface area (Å²) in [4.78, 5) is 10.3. The van der Waals surface area contributed by atoms with Gasteiger partial charge in [-0.05, 0) is 19.3 Å². The molecular weight excluding hydrogens is 132 g/mol. The van der Waals surface area contributed by atoms with E-state index in [1.54, 1.807) is 0 Å². The first-order chi connectivity index (χ1) is 4.75. The number of hydrogen-bond acceptors (Lipinski definition) is 2. The van der Waals surface area contributed by atoms with E-state index in [1.807, 2.05) is 6.92 Å². The molecule has 58 valence electrons. The van der Waals surface area contributed by atoms with Gasteiger partial charge in [-0.15, -0.1) is 0 Å². The number of aliphatic carboxylic acids is 1. The SMILES string of the molecule is CCOC[C@H]1C[C@@H]1C(=O)O. The molecule has 0 aromatic heterocycles. The minimum Gasteiger partial charge on any atom is -0.481 e. The second kappa shape index (κ2) is 3.01. The summed E-state index contributed by atoms with van der Waals surface area (Å²) >= 11 is 0. The fourth-order valence-corrected chi connectivity index (χ4v) is 1.00. The van der Waals surface area contributed by atoms with Crippen LogP contribution < -0.4 is 0 Å². The van der Waals surface area contributed by atoms with Crippen LogP contribution in [0.4, 0.5) is 0 Å². The van der Waals surface area contributed by atoms with Crippen molar-refractivity contribution in [3.8, 4) is 0 Å². The van der Waals surface area contributed by atoms with E-state index in [0.717, 1.165) is 6.42 Å². The summed E-state index contributed by atoms with van der Waals surface area (Å²) in [6.45, 7) is 3.22. The Morgan fingerprint density at radius 2 is 2.50 bits per heavy atom. The van der Waals surface area contributed by atoms with Crippen LogP contribution in [0.3, 0.4) is 0 Å². The van der Waals surface area contributed by atoms with Crippen LogP contribution in [0, 0.1) is 11.8 Å². The standard InChI is InChI=1S/C7H12O3/c1-2-10-4-5-3-6(5)7(8)9/h5-6H,2-4H2,1H3,(H,8,9)/t5-,6+/m1/s1. The van der Waals surface area contributed by atoms with E-state index in [1.165, 1.54) is 0 Å². The van der Waals surface area contributed by atoms with E-state index in [2.05, 4.69) is 0 Å². The maximum atomic E-state index is 10.3. The van der Waals surface area contributed by atoms with Crippen LogP contribution in [-0.4, -0.2) is 24.3 Å². The first-order valence-electron chi connectivity index (χ1n) is 3.56. The topological polar surface area (TPSA) is 46.5 Å². The van der Waals surface area contributed by atoms with Gasteiger partial charge in [-0.2, -0.15) is 0 Å². The van der Waals surface area contributed by atoms with Crippen LogP contribution in [0.25, 0.3) is 0 Å². The molecule has 1 aliphatic carbocycles. The summed E-state index contributed by atoms with van der Waals surface area (Å²) in [5.41, 5.74) is 0. The van der Waals surface area contributed by atoms with Crippen molar-refractivity contribution in [1.29, 1.82) is 0 Å². The number of rotatable bonds is 4. The van der Waals surface area contributed by atoms with Crippen molar-refractivity contribution in [1.82, 2.24) is 0 Å². The van der Waals surface area contributed by atoms with Crippen molar-refractivity contribution in [2.45, 2.75) is 13.3 Å². The molecule has 3 heteroatoms. The molecule has 0 aromatic rings. The third-order valence-corrected chi connectivity index (χ3v) is 1.78. The van der Waals surface area contributed by atoms with Crippen molar-refractivity contribution < 1.29 is 14.6 Å². The molecule has 2 atom stereocenters. The minimum atomic E-state index is -0.676. The largest absolute Gasteiger partial charge is 0.481 e. The zero-order valence-corrected chi connectivity index (χ0v) is 6.04. The zero-order valence-electron chi connectivity index (χ0n) is 6.04. The molecule has 1 rings (SSSR count). The molecule has 0 aliphatic heterocycles. The van der Waals surface area contributed by atoms with Gasteiger partial charge in [0, 0.05) is 6.61 Å². The Labute approximate surface area is 60.0 Å². The maximum Gasteiger partial charge on any atom is 0.306 e. The van der Waals surface area contributed by atoms with E-state index in [-0.39, 0.29) is 11.8 Å². The number of carboxylic acid groups (broad SMARTS) is 1. The lowest BCUT2D eigenvalue weighted by Crippen LogP contribution is -2.03. The lowest BCUT2D eigenvalue weighted by Gasteiger charge is -1.96. The van der Waals surface area contributed by atoms with Crippen LogP contribution in [0.5, 0.6) is 0 Å². The highest BCUT2D eigenvalue weighted by atomic mass is 16.5. The number of carbonyl (C=O) groups is 1. The molecule has 0 radical (unpaired) electrons. The third-order valence-electron chi connectivity index (χ3n) is 1.78. The Hall–Kier alpha value is -0.570. The van der Waals surface area contributed by atoms with Gasteiger partial charge in [0.15, 0.2) is 0 Å². The van der Waals surface area contributed by atoms with Crippen molar-refractivity contribution in [3.05, 3.63) is 0 Å². The fraction of sp³-hybridized carbons (Fsp3) is 0.857. The van der Waals surface area contributed by atoms with Crippen molar-refractivity contribution in [2.75, 3.05) is 13.2 Å². The van der Waals surface area contributed by atoms with Gasteiger partial charge in [-0.1, -0.05) is 0 Å². The molecule has 0 spiro atoms. The molecule has 1 saturated carbocycles. The molecular formula is C7H12O3. The second-order valence-corrected chi connectivity index (χ2v) is 2.60. The van der Waals surface area contributed by atoms with Gasteiger partial charge < -0.3 is 9.84 Å². The summed E-state index contributed by atoms with van der Waals surface area (Å²) < 4.78 is 5.07. The normalized spacial score (nSPS) is 30.1. The molecule has 0 amide bonds. The van der Waals surface area contributed by atoms with Gasteiger partial charge in [0.25, 0.3) is 0 Å². The van der Waals surface area contributed by atoms with Gasteiger partial charge in [-0.3, -0.25) is 4.79 Å². The van der Waals surface area contributed by atoms with Crippen LogP contribution >= 0.6 is 0 Å². The first kappa shape index (κ1) is 7.54. The lowest BCUT2D eigenvalue weighted by molar-refractivity contribution is -0.139.